The van der Waals surface area contributed by atoms with Gasteiger partial charge in [-0.3, -0.25) is 19.4 Å². The molecule has 0 aliphatic carbocycles. The van der Waals surface area contributed by atoms with Crippen LogP contribution in [-0.2, 0) is 18.3 Å². The van der Waals surface area contributed by atoms with Gasteiger partial charge in [0.2, 0.25) is 0 Å². The first kappa shape index (κ1) is 16.2. The number of aromatic nitrogens is 3. The topological polar surface area (TPSA) is 63.5 Å². The Morgan fingerprint density at radius 1 is 1.32 bits per heavy atom. The molecule has 0 saturated carbocycles. The molecular formula is C18H23N5O2. The molecule has 0 aromatic carbocycles. The summed E-state index contributed by atoms with van der Waals surface area (Å²) < 4.78 is 7.70. The minimum Gasteiger partial charge on any atom is -0.375 e. The maximum absolute atomic E-state index is 12.7. The molecule has 2 aromatic rings. The summed E-state index contributed by atoms with van der Waals surface area (Å²) in [4.78, 5) is 21.4. The summed E-state index contributed by atoms with van der Waals surface area (Å²) in [5.41, 5.74) is 1.71. The van der Waals surface area contributed by atoms with Gasteiger partial charge in [0.05, 0.1) is 30.2 Å². The van der Waals surface area contributed by atoms with Crippen LogP contribution in [0.3, 0.4) is 0 Å². The average Bonchev–Trinajstić information content (AvgIpc) is 3.15. The molecule has 0 spiro atoms. The number of ether oxygens (including phenoxy) is 1. The molecule has 0 radical (unpaired) electrons. The summed E-state index contributed by atoms with van der Waals surface area (Å²) in [5, 5.41) is 4.10. The molecule has 2 aliphatic rings. The lowest BCUT2D eigenvalue weighted by Crippen LogP contribution is -2.37. The number of aryl methyl sites for hydroxylation is 1. The molecule has 2 atom stereocenters. The zero-order valence-corrected chi connectivity index (χ0v) is 14.4. The number of rotatable bonds is 3. The van der Waals surface area contributed by atoms with E-state index in [4.69, 9.17) is 4.74 Å². The van der Waals surface area contributed by atoms with Crippen LogP contribution >= 0.6 is 0 Å². The van der Waals surface area contributed by atoms with E-state index in [9.17, 15) is 4.79 Å². The second kappa shape index (κ2) is 6.93. The van der Waals surface area contributed by atoms with Crippen molar-refractivity contribution in [1.29, 1.82) is 0 Å². The van der Waals surface area contributed by atoms with E-state index in [1.807, 2.05) is 36.3 Å². The van der Waals surface area contributed by atoms with E-state index in [1.165, 1.54) is 0 Å². The van der Waals surface area contributed by atoms with Crippen molar-refractivity contribution >= 4 is 5.91 Å². The minimum atomic E-state index is 0.0422. The molecule has 2 aliphatic heterocycles. The summed E-state index contributed by atoms with van der Waals surface area (Å²) in [5.74, 6) is 0.382. The lowest BCUT2D eigenvalue weighted by Gasteiger charge is -2.23. The van der Waals surface area contributed by atoms with E-state index in [-0.39, 0.29) is 12.0 Å². The normalized spacial score (nSPS) is 24.1. The Balaban J connectivity index is 1.41. The lowest BCUT2D eigenvalue weighted by atomic mass is 10.1. The molecular weight excluding hydrogens is 318 g/mol. The summed E-state index contributed by atoms with van der Waals surface area (Å²) in [6, 6.07) is 6.00. The quantitative estimate of drug-likeness (QED) is 0.826. The van der Waals surface area contributed by atoms with E-state index >= 15 is 0 Å². The molecule has 1 amide bonds. The number of pyridine rings is 1. The Kier molecular flexibility index (Phi) is 4.50. The van der Waals surface area contributed by atoms with E-state index in [2.05, 4.69) is 15.0 Å². The predicted molar refractivity (Wildman–Crippen MR) is 91.9 cm³/mol. The van der Waals surface area contributed by atoms with Crippen LogP contribution in [0.2, 0.25) is 0 Å². The van der Waals surface area contributed by atoms with Gasteiger partial charge in [-0.25, -0.2) is 0 Å². The second-order valence-electron chi connectivity index (χ2n) is 6.84. The number of fused-ring (bicyclic) bond motifs is 1. The molecule has 132 valence electrons. The highest BCUT2D eigenvalue weighted by molar-refractivity contribution is 5.93. The van der Waals surface area contributed by atoms with Gasteiger partial charge < -0.3 is 9.64 Å². The molecule has 0 bridgehead atoms. The zero-order valence-electron chi connectivity index (χ0n) is 14.4. The summed E-state index contributed by atoms with van der Waals surface area (Å²) in [6.45, 7) is 4.62. The Labute approximate surface area is 147 Å². The number of likely N-dealkylation sites (tertiary alicyclic amines) is 1. The summed E-state index contributed by atoms with van der Waals surface area (Å²) in [7, 11) is 1.82. The molecule has 0 N–H and O–H groups in total. The fourth-order valence-corrected chi connectivity index (χ4v) is 3.73. The van der Waals surface area contributed by atoms with E-state index in [1.54, 1.807) is 17.1 Å². The van der Waals surface area contributed by atoms with Crippen LogP contribution in [0.4, 0.5) is 0 Å². The third-order valence-electron chi connectivity index (χ3n) is 4.96. The van der Waals surface area contributed by atoms with Gasteiger partial charge in [-0.15, -0.1) is 0 Å². The van der Waals surface area contributed by atoms with Crippen LogP contribution in [0, 0.1) is 5.92 Å². The summed E-state index contributed by atoms with van der Waals surface area (Å²) >= 11 is 0. The monoisotopic (exact) mass is 341 g/mol. The second-order valence-corrected chi connectivity index (χ2v) is 6.84. The van der Waals surface area contributed by atoms with Crippen molar-refractivity contribution in [2.24, 2.45) is 13.0 Å². The third kappa shape index (κ3) is 3.57. The highest BCUT2D eigenvalue weighted by atomic mass is 16.5. The molecule has 2 aromatic heterocycles. The first-order chi connectivity index (χ1) is 12.2. The van der Waals surface area contributed by atoms with Gasteiger partial charge >= 0.3 is 0 Å². The average molecular weight is 341 g/mol. The van der Waals surface area contributed by atoms with Crippen molar-refractivity contribution in [3.63, 3.8) is 0 Å². The zero-order chi connectivity index (χ0) is 17.2. The fourth-order valence-electron chi connectivity index (χ4n) is 3.73. The van der Waals surface area contributed by atoms with Gasteiger partial charge in [0.25, 0.3) is 5.91 Å². The summed E-state index contributed by atoms with van der Waals surface area (Å²) in [6.07, 6.45) is 5.42. The van der Waals surface area contributed by atoms with Crippen LogP contribution in [0.1, 0.15) is 16.1 Å². The standard InChI is InChI=1S/C18H23N5O2/c1-21-9-14(8-20-21)18(24)23-6-7-25-17-13-22(10-15(17)11-23)12-16-4-2-3-5-19-16/h2-5,8-9,15,17H,6-7,10-13H2,1H3/t15-,17-/m0/s1. The third-order valence-corrected chi connectivity index (χ3v) is 4.96. The van der Waals surface area contributed by atoms with Gasteiger partial charge in [-0.2, -0.15) is 5.10 Å². The molecule has 4 heterocycles. The number of nitrogens with zero attached hydrogens (tertiary/aromatic N) is 5. The van der Waals surface area contributed by atoms with Crippen LogP contribution < -0.4 is 0 Å². The molecule has 4 rings (SSSR count). The predicted octanol–water partition coefficient (Wildman–Crippen LogP) is 0.788. The van der Waals surface area contributed by atoms with E-state index < -0.39 is 0 Å². The maximum Gasteiger partial charge on any atom is 0.257 e. The Morgan fingerprint density at radius 3 is 3.00 bits per heavy atom. The number of carbonyl (C=O) groups excluding carboxylic acids is 1. The molecule has 25 heavy (non-hydrogen) atoms. The van der Waals surface area contributed by atoms with Crippen molar-refractivity contribution < 1.29 is 9.53 Å². The van der Waals surface area contributed by atoms with Crippen molar-refractivity contribution in [2.45, 2.75) is 12.6 Å². The minimum absolute atomic E-state index is 0.0422. The first-order valence-electron chi connectivity index (χ1n) is 8.71. The van der Waals surface area contributed by atoms with E-state index in [0.717, 1.165) is 31.9 Å². The Bertz CT molecular complexity index is 732. The molecule has 7 heteroatoms. The van der Waals surface area contributed by atoms with Gasteiger partial charge in [0.15, 0.2) is 0 Å². The van der Waals surface area contributed by atoms with E-state index in [0.29, 0.717) is 24.6 Å². The fraction of sp³-hybridized carbons (Fsp3) is 0.500. The van der Waals surface area contributed by atoms with Crippen molar-refractivity contribution in [2.75, 3.05) is 32.8 Å². The first-order valence-corrected chi connectivity index (χ1v) is 8.71. The van der Waals surface area contributed by atoms with Crippen LogP contribution in [0.25, 0.3) is 0 Å². The van der Waals surface area contributed by atoms with Gasteiger partial charge in [0, 0.05) is 58.1 Å². The van der Waals surface area contributed by atoms with Crippen LogP contribution in [0.15, 0.2) is 36.8 Å². The van der Waals surface area contributed by atoms with Crippen molar-refractivity contribution in [3.05, 3.63) is 48.0 Å². The molecule has 2 saturated heterocycles. The maximum atomic E-state index is 12.7. The number of hydrogen-bond acceptors (Lipinski definition) is 5. The van der Waals surface area contributed by atoms with Gasteiger partial charge in [0.1, 0.15) is 0 Å². The van der Waals surface area contributed by atoms with Gasteiger partial charge in [-0.1, -0.05) is 6.07 Å². The Morgan fingerprint density at radius 2 is 2.24 bits per heavy atom. The highest BCUT2D eigenvalue weighted by Gasteiger charge is 2.37. The van der Waals surface area contributed by atoms with Crippen LogP contribution in [0.5, 0.6) is 0 Å². The largest absolute Gasteiger partial charge is 0.375 e. The molecule has 2 fully saturated rings. The SMILES string of the molecule is Cn1cc(C(=O)N2CCO[C@H]3CN(Cc4ccccn4)C[C@H]3C2)cn1. The van der Waals surface area contributed by atoms with Crippen LogP contribution in [-0.4, -0.2) is 69.4 Å². The van der Waals surface area contributed by atoms with Crippen molar-refractivity contribution in [1.82, 2.24) is 24.6 Å². The molecule has 0 unspecified atom stereocenters. The van der Waals surface area contributed by atoms with Gasteiger partial charge in [-0.05, 0) is 12.1 Å². The number of carbonyl (C=O) groups is 1. The Hall–Kier alpha value is -2.25. The van der Waals surface area contributed by atoms with Crippen molar-refractivity contribution in [3.8, 4) is 0 Å². The highest BCUT2D eigenvalue weighted by Crippen LogP contribution is 2.25. The lowest BCUT2D eigenvalue weighted by molar-refractivity contribution is 0.0500. The molecule has 7 nitrogen and oxygen atoms in total. The number of hydrogen-bond donors (Lipinski definition) is 0. The smallest absolute Gasteiger partial charge is 0.257 e. The number of amides is 1.